The molecule has 4 nitrogen and oxygen atoms in total. The summed E-state index contributed by atoms with van der Waals surface area (Å²) >= 11 is 0. The summed E-state index contributed by atoms with van der Waals surface area (Å²) in [6.45, 7) is 6.01. The van der Waals surface area contributed by atoms with Gasteiger partial charge in [0, 0.05) is 18.7 Å². The molecule has 1 N–H and O–H groups in total. The van der Waals surface area contributed by atoms with Gasteiger partial charge in [-0.25, -0.2) is 0 Å². The maximum Gasteiger partial charge on any atom is 0.162 e. The van der Waals surface area contributed by atoms with E-state index < -0.39 is 0 Å². The van der Waals surface area contributed by atoms with Crippen LogP contribution in [-0.2, 0) is 17.9 Å². The average Bonchev–Trinajstić information content (AvgIpc) is 3.12. The summed E-state index contributed by atoms with van der Waals surface area (Å²) in [6.07, 6.45) is 6.66. The van der Waals surface area contributed by atoms with E-state index in [0.717, 1.165) is 29.8 Å². The predicted octanol–water partition coefficient (Wildman–Crippen LogP) is 3.27. The molecule has 1 aromatic rings. The van der Waals surface area contributed by atoms with Crippen LogP contribution in [0.1, 0.15) is 57.4 Å². The van der Waals surface area contributed by atoms with E-state index in [-0.39, 0.29) is 0 Å². The Morgan fingerprint density at radius 2 is 2.00 bits per heavy atom. The lowest BCUT2D eigenvalue weighted by Crippen LogP contribution is -2.26. The molecule has 2 aliphatic rings. The Hall–Kier alpha value is -0.870. The van der Waals surface area contributed by atoms with E-state index in [2.05, 4.69) is 24.3 Å². The second-order valence-corrected chi connectivity index (χ2v) is 6.79. The molecule has 0 radical (unpaired) electrons. The zero-order valence-electron chi connectivity index (χ0n) is 12.6. The highest BCUT2D eigenvalue weighted by Crippen LogP contribution is 2.30. The predicted molar refractivity (Wildman–Crippen MR) is 77.1 cm³/mol. The van der Waals surface area contributed by atoms with Gasteiger partial charge in [-0.05, 0) is 43.9 Å². The molecule has 1 aromatic heterocycles. The minimum Gasteiger partial charge on any atom is -0.370 e. The molecule has 2 fully saturated rings. The molecular formula is C16H26N2O2. The average molecular weight is 278 g/mol. The number of aromatic nitrogens is 1. The molecule has 0 amide bonds. The monoisotopic (exact) mass is 278 g/mol. The van der Waals surface area contributed by atoms with E-state index in [4.69, 9.17) is 9.26 Å². The molecule has 112 valence electrons. The van der Waals surface area contributed by atoms with Gasteiger partial charge >= 0.3 is 0 Å². The molecule has 0 spiro atoms. The SMILES string of the molecule is CC1CC(C)CC(OCc2cc(CNC3CC3)no2)C1. The van der Waals surface area contributed by atoms with Crippen molar-refractivity contribution < 1.29 is 9.26 Å². The van der Waals surface area contributed by atoms with E-state index in [9.17, 15) is 0 Å². The van der Waals surface area contributed by atoms with E-state index in [1.165, 1.54) is 32.1 Å². The van der Waals surface area contributed by atoms with Crippen molar-refractivity contribution in [2.75, 3.05) is 0 Å². The Balaban J connectivity index is 1.43. The van der Waals surface area contributed by atoms with Crippen molar-refractivity contribution in [3.8, 4) is 0 Å². The molecular weight excluding hydrogens is 252 g/mol. The number of nitrogens with one attached hydrogen (secondary N) is 1. The fraction of sp³-hybridized carbons (Fsp3) is 0.812. The van der Waals surface area contributed by atoms with Crippen LogP contribution in [0.3, 0.4) is 0 Å². The van der Waals surface area contributed by atoms with Gasteiger partial charge < -0.3 is 14.6 Å². The van der Waals surface area contributed by atoms with Crippen molar-refractivity contribution in [2.45, 2.75) is 71.2 Å². The zero-order chi connectivity index (χ0) is 13.9. The quantitative estimate of drug-likeness (QED) is 0.867. The fourth-order valence-corrected chi connectivity index (χ4v) is 3.25. The van der Waals surface area contributed by atoms with Crippen LogP contribution in [0.25, 0.3) is 0 Å². The summed E-state index contributed by atoms with van der Waals surface area (Å²) in [6, 6.07) is 2.72. The smallest absolute Gasteiger partial charge is 0.162 e. The Morgan fingerprint density at radius 3 is 2.70 bits per heavy atom. The van der Waals surface area contributed by atoms with Gasteiger partial charge in [-0.1, -0.05) is 19.0 Å². The van der Waals surface area contributed by atoms with Gasteiger partial charge in [0.2, 0.25) is 0 Å². The summed E-state index contributed by atoms with van der Waals surface area (Å²) in [5, 5.41) is 7.53. The first-order valence-electron chi connectivity index (χ1n) is 7.98. The number of hydrogen-bond donors (Lipinski definition) is 1. The minimum atomic E-state index is 0.381. The molecule has 2 saturated carbocycles. The normalized spacial score (nSPS) is 30.6. The van der Waals surface area contributed by atoms with Crippen LogP contribution in [0.5, 0.6) is 0 Å². The van der Waals surface area contributed by atoms with Gasteiger partial charge in [0.1, 0.15) is 6.61 Å². The lowest BCUT2D eigenvalue weighted by molar-refractivity contribution is -0.0172. The third kappa shape index (κ3) is 4.06. The zero-order valence-corrected chi connectivity index (χ0v) is 12.6. The van der Waals surface area contributed by atoms with Crippen LogP contribution >= 0.6 is 0 Å². The standard InChI is InChI=1S/C16H26N2O2/c1-11-5-12(2)7-15(6-11)19-10-16-8-14(18-20-16)9-17-13-3-4-13/h8,11-13,15,17H,3-7,9-10H2,1-2H3. The largest absolute Gasteiger partial charge is 0.370 e. The molecule has 1 heterocycles. The summed E-state index contributed by atoms with van der Waals surface area (Å²) in [7, 11) is 0. The first-order valence-corrected chi connectivity index (χ1v) is 7.98. The highest BCUT2D eigenvalue weighted by atomic mass is 16.5. The molecule has 0 bridgehead atoms. The van der Waals surface area contributed by atoms with Gasteiger partial charge in [0.15, 0.2) is 5.76 Å². The highest BCUT2D eigenvalue weighted by molar-refractivity contribution is 5.05. The summed E-state index contributed by atoms with van der Waals surface area (Å²) in [5.74, 6) is 2.40. The van der Waals surface area contributed by atoms with Crippen molar-refractivity contribution in [3.63, 3.8) is 0 Å². The summed E-state index contributed by atoms with van der Waals surface area (Å²) in [4.78, 5) is 0. The summed E-state index contributed by atoms with van der Waals surface area (Å²) < 4.78 is 11.4. The Bertz CT molecular complexity index is 418. The summed E-state index contributed by atoms with van der Waals surface area (Å²) in [5.41, 5.74) is 0.987. The second kappa shape index (κ2) is 6.27. The van der Waals surface area contributed by atoms with Gasteiger partial charge in [0.05, 0.1) is 11.8 Å². The fourth-order valence-electron chi connectivity index (χ4n) is 3.25. The van der Waals surface area contributed by atoms with Crippen molar-refractivity contribution >= 4 is 0 Å². The molecule has 2 unspecified atom stereocenters. The van der Waals surface area contributed by atoms with E-state index in [1.807, 2.05) is 6.07 Å². The maximum absolute atomic E-state index is 6.01. The van der Waals surface area contributed by atoms with Crippen molar-refractivity contribution in [3.05, 3.63) is 17.5 Å². The van der Waals surface area contributed by atoms with E-state index >= 15 is 0 Å². The molecule has 3 rings (SSSR count). The van der Waals surface area contributed by atoms with Crippen LogP contribution in [0.2, 0.25) is 0 Å². The Labute approximate surface area is 121 Å². The van der Waals surface area contributed by atoms with Crippen LogP contribution in [0, 0.1) is 11.8 Å². The molecule has 0 aromatic carbocycles. The molecule has 4 heteroatoms. The van der Waals surface area contributed by atoms with Gasteiger partial charge in [-0.2, -0.15) is 0 Å². The van der Waals surface area contributed by atoms with Crippen molar-refractivity contribution in [1.82, 2.24) is 10.5 Å². The van der Waals surface area contributed by atoms with Crippen LogP contribution < -0.4 is 5.32 Å². The Kier molecular flexibility index (Phi) is 4.41. The van der Waals surface area contributed by atoms with Crippen LogP contribution in [0.15, 0.2) is 10.6 Å². The molecule has 2 aliphatic carbocycles. The lowest BCUT2D eigenvalue weighted by Gasteiger charge is -2.31. The third-order valence-electron chi connectivity index (χ3n) is 4.35. The first kappa shape index (κ1) is 14.1. The van der Waals surface area contributed by atoms with Crippen molar-refractivity contribution in [2.24, 2.45) is 11.8 Å². The van der Waals surface area contributed by atoms with Gasteiger partial charge in [-0.15, -0.1) is 0 Å². The lowest BCUT2D eigenvalue weighted by atomic mass is 9.82. The molecule has 2 atom stereocenters. The number of ether oxygens (including phenoxy) is 1. The molecule has 0 saturated heterocycles. The van der Waals surface area contributed by atoms with Crippen molar-refractivity contribution in [1.29, 1.82) is 0 Å². The number of hydrogen-bond acceptors (Lipinski definition) is 4. The van der Waals surface area contributed by atoms with E-state index in [0.29, 0.717) is 18.8 Å². The molecule has 20 heavy (non-hydrogen) atoms. The molecule has 0 aliphatic heterocycles. The topological polar surface area (TPSA) is 47.3 Å². The van der Waals surface area contributed by atoms with Gasteiger partial charge in [-0.3, -0.25) is 0 Å². The first-order chi connectivity index (χ1) is 9.69. The number of nitrogens with zero attached hydrogens (tertiary/aromatic N) is 1. The maximum atomic E-state index is 6.01. The van der Waals surface area contributed by atoms with Gasteiger partial charge in [0.25, 0.3) is 0 Å². The highest BCUT2D eigenvalue weighted by Gasteiger charge is 2.25. The second-order valence-electron chi connectivity index (χ2n) is 6.79. The Morgan fingerprint density at radius 1 is 1.25 bits per heavy atom. The minimum absolute atomic E-state index is 0.381. The number of rotatable bonds is 6. The third-order valence-corrected chi connectivity index (χ3v) is 4.35. The van der Waals surface area contributed by atoms with E-state index in [1.54, 1.807) is 0 Å². The van der Waals surface area contributed by atoms with Crippen LogP contribution in [-0.4, -0.2) is 17.3 Å². The van der Waals surface area contributed by atoms with Crippen LogP contribution in [0.4, 0.5) is 0 Å².